The van der Waals surface area contributed by atoms with Crippen molar-refractivity contribution in [1.82, 2.24) is 14.5 Å². The molecule has 2 aromatic heterocycles. The number of aliphatic hydroxyl groups excluding tert-OH is 1. The molecule has 2 aromatic rings. The maximum absolute atomic E-state index is 10.1. The van der Waals surface area contributed by atoms with E-state index in [-0.39, 0.29) is 0 Å². The van der Waals surface area contributed by atoms with Gasteiger partial charge in [0.15, 0.2) is 0 Å². The van der Waals surface area contributed by atoms with Gasteiger partial charge in [0.05, 0.1) is 5.69 Å². The molecule has 0 amide bonds. The average molecular weight is 296 g/mol. The first-order valence-electron chi connectivity index (χ1n) is 5.51. The molecule has 17 heavy (non-hydrogen) atoms. The predicted octanol–water partition coefficient (Wildman–Crippen LogP) is 2.34. The third kappa shape index (κ3) is 2.73. The van der Waals surface area contributed by atoms with E-state index in [1.165, 1.54) is 0 Å². The Morgan fingerprint density at radius 2 is 2.24 bits per heavy atom. The van der Waals surface area contributed by atoms with Crippen molar-refractivity contribution in [3.8, 4) is 0 Å². The minimum atomic E-state index is -0.640. The van der Waals surface area contributed by atoms with Gasteiger partial charge in [0, 0.05) is 36.0 Å². The average Bonchev–Trinajstić information content (AvgIpc) is 2.76. The minimum Gasteiger partial charge on any atom is -0.386 e. The topological polar surface area (TPSA) is 50.9 Å². The Morgan fingerprint density at radius 1 is 1.41 bits per heavy atom. The standard InChI is InChI=1S/C12H14BrN3O/c1-2-16-7-6-14-11(16)8-10(17)12-9(13)4-3-5-15-12/h3-7,10,17H,2,8H2,1H3. The van der Waals surface area contributed by atoms with E-state index in [1.807, 2.05) is 29.8 Å². The molecule has 0 saturated carbocycles. The van der Waals surface area contributed by atoms with Crippen molar-refractivity contribution in [1.29, 1.82) is 0 Å². The van der Waals surface area contributed by atoms with Crippen LogP contribution >= 0.6 is 15.9 Å². The Kier molecular flexibility index (Phi) is 3.91. The molecule has 1 N–H and O–H groups in total. The second kappa shape index (κ2) is 5.42. The molecule has 0 saturated heterocycles. The molecule has 90 valence electrons. The number of hydrogen-bond acceptors (Lipinski definition) is 3. The largest absolute Gasteiger partial charge is 0.386 e. The van der Waals surface area contributed by atoms with Crippen molar-refractivity contribution in [3.63, 3.8) is 0 Å². The number of rotatable bonds is 4. The van der Waals surface area contributed by atoms with Crippen molar-refractivity contribution in [2.45, 2.75) is 26.0 Å². The molecular formula is C12H14BrN3O. The lowest BCUT2D eigenvalue weighted by molar-refractivity contribution is 0.169. The Labute approximate surface area is 108 Å². The number of aryl methyl sites for hydroxylation is 1. The first-order valence-corrected chi connectivity index (χ1v) is 6.30. The van der Waals surface area contributed by atoms with Gasteiger partial charge in [0.2, 0.25) is 0 Å². The van der Waals surface area contributed by atoms with Gasteiger partial charge in [-0.05, 0) is 35.0 Å². The molecule has 0 fully saturated rings. The van der Waals surface area contributed by atoms with Crippen LogP contribution in [0.15, 0.2) is 35.2 Å². The quantitative estimate of drug-likeness (QED) is 0.942. The summed E-state index contributed by atoms with van der Waals surface area (Å²) in [5, 5.41) is 10.1. The third-order valence-electron chi connectivity index (χ3n) is 2.62. The summed E-state index contributed by atoms with van der Waals surface area (Å²) in [6.45, 7) is 2.90. The third-order valence-corrected chi connectivity index (χ3v) is 3.29. The van der Waals surface area contributed by atoms with E-state index < -0.39 is 6.10 Å². The zero-order chi connectivity index (χ0) is 12.3. The van der Waals surface area contributed by atoms with E-state index in [9.17, 15) is 5.11 Å². The maximum Gasteiger partial charge on any atom is 0.111 e. The summed E-state index contributed by atoms with van der Waals surface area (Å²) < 4.78 is 2.84. The fourth-order valence-electron chi connectivity index (χ4n) is 1.73. The number of imidazole rings is 1. The van der Waals surface area contributed by atoms with Gasteiger partial charge in [-0.25, -0.2) is 4.98 Å². The van der Waals surface area contributed by atoms with Crippen LogP contribution in [0.3, 0.4) is 0 Å². The molecule has 0 aliphatic carbocycles. The highest BCUT2D eigenvalue weighted by atomic mass is 79.9. The second-order valence-electron chi connectivity index (χ2n) is 3.72. The summed E-state index contributed by atoms with van der Waals surface area (Å²) in [4.78, 5) is 8.42. The summed E-state index contributed by atoms with van der Waals surface area (Å²) in [6, 6.07) is 3.70. The van der Waals surface area contributed by atoms with Crippen LogP contribution in [0.25, 0.3) is 0 Å². The Hall–Kier alpha value is -1.20. The second-order valence-corrected chi connectivity index (χ2v) is 4.57. The minimum absolute atomic E-state index is 0.469. The molecule has 1 unspecified atom stereocenters. The number of aromatic nitrogens is 3. The van der Waals surface area contributed by atoms with Crippen molar-refractivity contribution in [3.05, 3.63) is 46.7 Å². The van der Waals surface area contributed by atoms with Crippen LogP contribution in [0.5, 0.6) is 0 Å². The van der Waals surface area contributed by atoms with E-state index in [0.717, 1.165) is 16.8 Å². The van der Waals surface area contributed by atoms with Gasteiger partial charge in [0.25, 0.3) is 0 Å². The van der Waals surface area contributed by atoms with Gasteiger partial charge < -0.3 is 9.67 Å². The number of hydrogen-bond donors (Lipinski definition) is 1. The first-order chi connectivity index (χ1) is 8.22. The zero-order valence-corrected chi connectivity index (χ0v) is 11.1. The molecular weight excluding hydrogens is 282 g/mol. The number of pyridine rings is 1. The highest BCUT2D eigenvalue weighted by Crippen LogP contribution is 2.23. The van der Waals surface area contributed by atoms with Crippen LogP contribution < -0.4 is 0 Å². The van der Waals surface area contributed by atoms with Crippen LogP contribution in [0.1, 0.15) is 24.5 Å². The van der Waals surface area contributed by atoms with Crippen molar-refractivity contribution in [2.75, 3.05) is 0 Å². The van der Waals surface area contributed by atoms with Crippen molar-refractivity contribution >= 4 is 15.9 Å². The zero-order valence-electron chi connectivity index (χ0n) is 9.55. The van der Waals surface area contributed by atoms with E-state index in [2.05, 4.69) is 25.9 Å². The Balaban J connectivity index is 2.17. The fourth-order valence-corrected chi connectivity index (χ4v) is 2.25. The van der Waals surface area contributed by atoms with Crippen LogP contribution in [0, 0.1) is 0 Å². The lowest BCUT2D eigenvalue weighted by Crippen LogP contribution is -2.09. The molecule has 1 atom stereocenters. The molecule has 0 spiro atoms. The van der Waals surface area contributed by atoms with Crippen LogP contribution in [-0.2, 0) is 13.0 Å². The van der Waals surface area contributed by atoms with Gasteiger partial charge in [-0.1, -0.05) is 0 Å². The predicted molar refractivity (Wildman–Crippen MR) is 68.5 cm³/mol. The molecule has 4 nitrogen and oxygen atoms in total. The van der Waals surface area contributed by atoms with Crippen LogP contribution in [-0.4, -0.2) is 19.6 Å². The highest BCUT2D eigenvalue weighted by Gasteiger charge is 2.15. The summed E-state index contributed by atoms with van der Waals surface area (Å²) in [6.07, 6.45) is 5.17. The molecule has 0 aliphatic heterocycles. The van der Waals surface area contributed by atoms with Gasteiger partial charge >= 0.3 is 0 Å². The van der Waals surface area contributed by atoms with Gasteiger partial charge in [-0.15, -0.1) is 0 Å². The number of halogens is 1. The lowest BCUT2D eigenvalue weighted by atomic mass is 10.1. The monoisotopic (exact) mass is 295 g/mol. The molecule has 0 aliphatic rings. The highest BCUT2D eigenvalue weighted by molar-refractivity contribution is 9.10. The summed E-state index contributed by atoms with van der Waals surface area (Å²) in [7, 11) is 0. The van der Waals surface area contributed by atoms with E-state index in [1.54, 1.807) is 12.4 Å². The SMILES string of the molecule is CCn1ccnc1CC(O)c1ncccc1Br. The van der Waals surface area contributed by atoms with Crippen molar-refractivity contribution < 1.29 is 5.11 Å². The lowest BCUT2D eigenvalue weighted by Gasteiger charge is -2.12. The van der Waals surface area contributed by atoms with Crippen molar-refractivity contribution in [2.24, 2.45) is 0 Å². The molecule has 2 heterocycles. The van der Waals surface area contributed by atoms with Crippen LogP contribution in [0.2, 0.25) is 0 Å². The molecule has 0 aromatic carbocycles. The fraction of sp³-hybridized carbons (Fsp3) is 0.333. The van der Waals surface area contributed by atoms with Gasteiger partial charge in [0.1, 0.15) is 11.9 Å². The molecule has 5 heteroatoms. The van der Waals surface area contributed by atoms with E-state index in [0.29, 0.717) is 12.1 Å². The molecule has 0 radical (unpaired) electrons. The smallest absolute Gasteiger partial charge is 0.111 e. The Bertz CT molecular complexity index is 498. The van der Waals surface area contributed by atoms with Gasteiger partial charge in [-0.3, -0.25) is 4.98 Å². The molecule has 2 rings (SSSR count). The number of nitrogens with zero attached hydrogens (tertiary/aromatic N) is 3. The Morgan fingerprint density at radius 3 is 2.94 bits per heavy atom. The normalized spacial score (nSPS) is 12.6. The molecule has 0 bridgehead atoms. The van der Waals surface area contributed by atoms with Gasteiger partial charge in [-0.2, -0.15) is 0 Å². The maximum atomic E-state index is 10.1. The number of aliphatic hydroxyl groups is 1. The summed E-state index contributed by atoms with van der Waals surface area (Å²) >= 11 is 3.39. The van der Waals surface area contributed by atoms with E-state index in [4.69, 9.17) is 0 Å². The van der Waals surface area contributed by atoms with E-state index >= 15 is 0 Å². The summed E-state index contributed by atoms with van der Waals surface area (Å²) in [5.41, 5.74) is 0.651. The van der Waals surface area contributed by atoms with Crippen LogP contribution in [0.4, 0.5) is 0 Å². The summed E-state index contributed by atoms with van der Waals surface area (Å²) in [5.74, 6) is 0.873. The first kappa shape index (κ1) is 12.3.